The number of carbonyl (C=O) groups is 1. The Morgan fingerprint density at radius 3 is 2.37 bits per heavy atom. The van der Waals surface area contributed by atoms with Gasteiger partial charge >= 0.3 is 12.4 Å². The van der Waals surface area contributed by atoms with E-state index in [1.165, 1.54) is 6.07 Å². The molecule has 0 unspecified atom stereocenters. The van der Waals surface area contributed by atoms with Gasteiger partial charge in [0.1, 0.15) is 0 Å². The molecule has 1 aliphatic rings. The van der Waals surface area contributed by atoms with E-state index in [1.54, 1.807) is 6.92 Å². The van der Waals surface area contributed by atoms with Crippen molar-refractivity contribution < 1.29 is 31.1 Å². The van der Waals surface area contributed by atoms with Gasteiger partial charge in [-0.25, -0.2) is 10.1 Å². The zero-order valence-corrected chi connectivity index (χ0v) is 13.7. The fraction of sp³-hybridized carbons (Fsp3) is 0.312. The smallest absolute Gasteiger partial charge is 0.273 e. The van der Waals surface area contributed by atoms with Crippen molar-refractivity contribution in [3.05, 3.63) is 47.3 Å². The number of hydrogen-bond donors (Lipinski definition) is 1. The lowest BCUT2D eigenvalue weighted by Gasteiger charge is -2.21. The molecule has 5 nitrogen and oxygen atoms in total. The summed E-state index contributed by atoms with van der Waals surface area (Å²) in [6.07, 6.45) is -8.73. The van der Waals surface area contributed by atoms with Crippen LogP contribution in [0.3, 0.4) is 0 Å². The largest absolute Gasteiger partial charge is 0.435 e. The maximum atomic E-state index is 13.5. The predicted octanol–water partition coefficient (Wildman–Crippen LogP) is 3.77. The molecule has 27 heavy (non-hydrogen) atoms. The van der Waals surface area contributed by atoms with Crippen LogP contribution in [0.1, 0.15) is 30.2 Å². The van der Waals surface area contributed by atoms with Crippen LogP contribution in [0.4, 0.5) is 26.3 Å². The van der Waals surface area contributed by atoms with E-state index in [-0.39, 0.29) is 23.6 Å². The number of benzene rings is 1. The zero-order valence-electron chi connectivity index (χ0n) is 13.7. The van der Waals surface area contributed by atoms with Crippen molar-refractivity contribution in [3.63, 3.8) is 0 Å². The van der Waals surface area contributed by atoms with Crippen molar-refractivity contribution in [2.45, 2.75) is 25.7 Å². The Morgan fingerprint density at radius 2 is 1.81 bits per heavy atom. The molecule has 1 atom stereocenters. The third-order valence-electron chi connectivity index (χ3n) is 3.98. The number of amides is 1. The van der Waals surface area contributed by atoms with Gasteiger partial charge in [-0.1, -0.05) is 13.0 Å². The molecule has 3 rings (SSSR count). The Kier molecular flexibility index (Phi) is 4.48. The lowest BCUT2D eigenvalue weighted by atomic mass is 9.92. The molecule has 1 aliphatic heterocycles. The fourth-order valence-corrected chi connectivity index (χ4v) is 2.73. The number of carbonyl (C=O) groups excluding carboxylic acids is 1. The summed E-state index contributed by atoms with van der Waals surface area (Å²) < 4.78 is 79.1. The standard InChI is InChI=1S/C16H12F6N4O/c1-8-6-13(27)23-24-14(8)9-2-3-11(10(7-9)15(17,18)19)26-5-4-12(25-26)16(20,21)22/h2-5,7-8H,6H2,1H3,(H,23,27)/t8-/m1/s1. The van der Waals surface area contributed by atoms with E-state index in [2.05, 4.69) is 15.6 Å². The van der Waals surface area contributed by atoms with Crippen molar-refractivity contribution in [2.75, 3.05) is 0 Å². The Morgan fingerprint density at radius 1 is 1.11 bits per heavy atom. The third-order valence-corrected chi connectivity index (χ3v) is 3.98. The highest BCUT2D eigenvalue weighted by molar-refractivity contribution is 6.06. The highest BCUT2D eigenvalue weighted by Gasteiger charge is 2.37. The highest BCUT2D eigenvalue weighted by atomic mass is 19.4. The number of nitrogens with one attached hydrogen (secondary N) is 1. The molecule has 2 heterocycles. The van der Waals surface area contributed by atoms with Crippen LogP contribution in [-0.2, 0) is 17.1 Å². The Bertz CT molecular complexity index is 912. The van der Waals surface area contributed by atoms with Crippen molar-refractivity contribution in [3.8, 4) is 5.69 Å². The molecule has 1 aromatic heterocycles. The van der Waals surface area contributed by atoms with E-state index in [4.69, 9.17) is 0 Å². The van der Waals surface area contributed by atoms with Gasteiger partial charge in [0.05, 0.1) is 17.0 Å². The molecule has 0 radical (unpaired) electrons. The molecule has 1 amide bonds. The van der Waals surface area contributed by atoms with Gasteiger partial charge in [0, 0.05) is 18.5 Å². The fourth-order valence-electron chi connectivity index (χ4n) is 2.73. The van der Waals surface area contributed by atoms with Gasteiger partial charge in [-0.15, -0.1) is 0 Å². The SMILES string of the molecule is C[C@@H]1CC(=O)NN=C1c1ccc(-n2ccc(C(F)(F)F)n2)c(C(F)(F)F)c1. The third kappa shape index (κ3) is 3.81. The van der Waals surface area contributed by atoms with Crippen LogP contribution >= 0.6 is 0 Å². The highest BCUT2D eigenvalue weighted by Crippen LogP contribution is 2.36. The van der Waals surface area contributed by atoms with Crippen LogP contribution in [0.5, 0.6) is 0 Å². The molecule has 2 aromatic rings. The maximum Gasteiger partial charge on any atom is 0.435 e. The molecular formula is C16H12F6N4O. The quantitative estimate of drug-likeness (QED) is 0.794. The molecule has 0 spiro atoms. The summed E-state index contributed by atoms with van der Waals surface area (Å²) in [5, 5.41) is 7.00. The number of nitrogens with zero attached hydrogens (tertiary/aromatic N) is 3. The normalized spacial score (nSPS) is 18.3. The van der Waals surface area contributed by atoms with E-state index < -0.39 is 35.2 Å². The molecule has 0 aliphatic carbocycles. The minimum Gasteiger partial charge on any atom is -0.273 e. The molecule has 0 bridgehead atoms. The summed E-state index contributed by atoms with van der Waals surface area (Å²) in [5.41, 5.74) is -0.432. The molecule has 1 aromatic carbocycles. The van der Waals surface area contributed by atoms with Crippen molar-refractivity contribution in [1.29, 1.82) is 0 Å². The van der Waals surface area contributed by atoms with Crippen LogP contribution < -0.4 is 5.43 Å². The lowest BCUT2D eigenvalue weighted by molar-refractivity contribution is -0.141. The minimum absolute atomic E-state index is 0.0655. The summed E-state index contributed by atoms with van der Waals surface area (Å²) in [6.45, 7) is 1.64. The summed E-state index contributed by atoms with van der Waals surface area (Å²) >= 11 is 0. The van der Waals surface area contributed by atoms with Crippen LogP contribution in [0, 0.1) is 5.92 Å². The van der Waals surface area contributed by atoms with Crippen molar-refractivity contribution in [2.24, 2.45) is 11.0 Å². The van der Waals surface area contributed by atoms with Gasteiger partial charge < -0.3 is 0 Å². The van der Waals surface area contributed by atoms with Crippen LogP contribution in [0.2, 0.25) is 0 Å². The molecule has 144 valence electrons. The van der Waals surface area contributed by atoms with E-state index in [0.29, 0.717) is 10.7 Å². The topological polar surface area (TPSA) is 59.3 Å². The second-order valence-electron chi connectivity index (χ2n) is 6.01. The number of hydrazone groups is 1. The number of hydrogen-bond acceptors (Lipinski definition) is 3. The molecular weight excluding hydrogens is 378 g/mol. The van der Waals surface area contributed by atoms with Gasteiger partial charge in [0.2, 0.25) is 5.91 Å². The Balaban J connectivity index is 2.09. The molecule has 11 heteroatoms. The first kappa shape index (κ1) is 18.9. The predicted molar refractivity (Wildman–Crippen MR) is 82.0 cm³/mol. The first-order valence-electron chi connectivity index (χ1n) is 7.68. The summed E-state index contributed by atoms with van der Waals surface area (Å²) in [4.78, 5) is 11.3. The van der Waals surface area contributed by atoms with Crippen molar-refractivity contribution in [1.82, 2.24) is 15.2 Å². The van der Waals surface area contributed by atoms with E-state index in [1.807, 2.05) is 0 Å². The maximum absolute atomic E-state index is 13.5. The molecule has 0 saturated carbocycles. The Labute approximate surface area is 148 Å². The van der Waals surface area contributed by atoms with Gasteiger partial charge in [-0.2, -0.15) is 36.5 Å². The van der Waals surface area contributed by atoms with Gasteiger partial charge in [-0.3, -0.25) is 4.79 Å². The minimum atomic E-state index is -4.84. The first-order chi connectivity index (χ1) is 12.5. The van der Waals surface area contributed by atoms with E-state index in [0.717, 1.165) is 18.3 Å². The molecule has 0 fully saturated rings. The number of halogens is 6. The van der Waals surface area contributed by atoms with Crippen LogP contribution in [0.15, 0.2) is 35.6 Å². The second kappa shape index (κ2) is 6.39. The average molecular weight is 390 g/mol. The van der Waals surface area contributed by atoms with Crippen LogP contribution in [-0.4, -0.2) is 21.4 Å². The van der Waals surface area contributed by atoms with Crippen molar-refractivity contribution >= 4 is 11.6 Å². The lowest BCUT2D eigenvalue weighted by Crippen LogP contribution is -2.32. The summed E-state index contributed by atoms with van der Waals surface area (Å²) in [6, 6.07) is 3.71. The number of rotatable bonds is 2. The number of aromatic nitrogens is 2. The van der Waals surface area contributed by atoms with Gasteiger partial charge in [-0.05, 0) is 23.8 Å². The van der Waals surface area contributed by atoms with Gasteiger partial charge in [0.15, 0.2) is 5.69 Å². The second-order valence-corrected chi connectivity index (χ2v) is 6.01. The van der Waals surface area contributed by atoms with E-state index >= 15 is 0 Å². The van der Waals surface area contributed by atoms with Gasteiger partial charge in [0.25, 0.3) is 0 Å². The van der Waals surface area contributed by atoms with Crippen LogP contribution in [0.25, 0.3) is 5.69 Å². The first-order valence-corrected chi connectivity index (χ1v) is 7.68. The Hall–Kier alpha value is -2.85. The summed E-state index contributed by atoms with van der Waals surface area (Å²) in [7, 11) is 0. The number of alkyl halides is 6. The molecule has 0 saturated heterocycles. The monoisotopic (exact) mass is 390 g/mol. The molecule has 1 N–H and O–H groups in total. The average Bonchev–Trinajstić information content (AvgIpc) is 3.03. The zero-order chi connectivity index (χ0) is 20.0. The summed E-state index contributed by atoms with van der Waals surface area (Å²) in [5.74, 6) is -0.762. The van der Waals surface area contributed by atoms with E-state index in [9.17, 15) is 31.1 Å².